The number of hydrogen-bond acceptors (Lipinski definition) is 3. The molecule has 2 aliphatic heterocycles. The van der Waals surface area contributed by atoms with Crippen LogP contribution in [0.1, 0.15) is 30.9 Å². The van der Waals surface area contributed by atoms with Crippen LogP contribution in [0.25, 0.3) is 0 Å². The van der Waals surface area contributed by atoms with Crippen molar-refractivity contribution >= 4 is 5.91 Å². The molecule has 0 radical (unpaired) electrons. The van der Waals surface area contributed by atoms with Crippen LogP contribution in [0.15, 0.2) is 24.3 Å². The smallest absolute Gasteiger partial charge is 0.222 e. The Labute approximate surface area is 124 Å². The molecule has 2 fully saturated rings. The number of β-amino-alcohol motifs (C(OH)–C–C–N with tert-alkyl or cyclic N) is 1. The van der Waals surface area contributed by atoms with Crippen molar-refractivity contribution < 1.29 is 14.3 Å². The van der Waals surface area contributed by atoms with Gasteiger partial charge in [0.2, 0.25) is 5.91 Å². The van der Waals surface area contributed by atoms with Crippen LogP contribution >= 0.6 is 0 Å². The molecule has 2 saturated heterocycles. The fourth-order valence-electron chi connectivity index (χ4n) is 3.38. The summed E-state index contributed by atoms with van der Waals surface area (Å²) < 4.78 is 13.4. The summed E-state index contributed by atoms with van der Waals surface area (Å²) in [5, 5.41) is 9.93. The predicted molar refractivity (Wildman–Crippen MR) is 77.2 cm³/mol. The molecular formula is C16H21FN2O2. The van der Waals surface area contributed by atoms with E-state index in [1.54, 1.807) is 6.07 Å². The van der Waals surface area contributed by atoms with Gasteiger partial charge in [-0.15, -0.1) is 0 Å². The van der Waals surface area contributed by atoms with Gasteiger partial charge in [-0.3, -0.25) is 9.69 Å². The van der Waals surface area contributed by atoms with E-state index >= 15 is 0 Å². The van der Waals surface area contributed by atoms with Crippen molar-refractivity contribution in [1.82, 2.24) is 9.80 Å². The fraction of sp³-hybridized carbons (Fsp3) is 0.562. The van der Waals surface area contributed by atoms with Gasteiger partial charge in [-0.2, -0.15) is 0 Å². The number of aliphatic hydroxyl groups excluding tert-OH is 1. The Balaban J connectivity index is 1.66. The first kappa shape index (κ1) is 14.5. The van der Waals surface area contributed by atoms with Crippen LogP contribution in [0.3, 0.4) is 0 Å². The highest BCUT2D eigenvalue weighted by Gasteiger charge is 2.32. The summed E-state index contributed by atoms with van der Waals surface area (Å²) in [4.78, 5) is 15.7. The second kappa shape index (κ2) is 6.12. The molecule has 0 aromatic heterocycles. The number of rotatable bonds is 4. The Bertz CT molecular complexity index is 523. The van der Waals surface area contributed by atoms with E-state index in [4.69, 9.17) is 0 Å². The van der Waals surface area contributed by atoms with Gasteiger partial charge in [-0.25, -0.2) is 4.39 Å². The maximum atomic E-state index is 13.4. The van der Waals surface area contributed by atoms with Crippen molar-refractivity contribution in [3.63, 3.8) is 0 Å². The standard InChI is InChI=1S/C16H21FN2O2/c17-13-4-1-3-12(9-13)15-10-14(20)11-19(15)8-7-18-6-2-5-16(18)21/h1,3-4,9,14-15,20H,2,5-8,10-11H2/t14-,15+/m0/s1. The van der Waals surface area contributed by atoms with Gasteiger partial charge in [0.1, 0.15) is 5.82 Å². The Morgan fingerprint density at radius 1 is 1.33 bits per heavy atom. The van der Waals surface area contributed by atoms with E-state index in [0.29, 0.717) is 25.9 Å². The second-order valence-corrected chi connectivity index (χ2v) is 5.94. The Hall–Kier alpha value is -1.46. The lowest BCUT2D eigenvalue weighted by Gasteiger charge is -2.27. The van der Waals surface area contributed by atoms with Crippen molar-refractivity contribution in [2.45, 2.75) is 31.4 Å². The van der Waals surface area contributed by atoms with E-state index in [9.17, 15) is 14.3 Å². The normalized spacial score (nSPS) is 26.8. The van der Waals surface area contributed by atoms with Crippen molar-refractivity contribution in [1.29, 1.82) is 0 Å². The van der Waals surface area contributed by atoms with Crippen molar-refractivity contribution in [2.24, 2.45) is 0 Å². The zero-order chi connectivity index (χ0) is 14.8. The van der Waals surface area contributed by atoms with Crippen molar-refractivity contribution in [3.8, 4) is 0 Å². The maximum absolute atomic E-state index is 13.4. The lowest BCUT2D eigenvalue weighted by atomic mass is 10.0. The van der Waals surface area contributed by atoms with Crippen LogP contribution < -0.4 is 0 Å². The first-order valence-electron chi connectivity index (χ1n) is 7.59. The largest absolute Gasteiger partial charge is 0.392 e. The van der Waals surface area contributed by atoms with Crippen LogP contribution in [0, 0.1) is 5.82 Å². The van der Waals surface area contributed by atoms with Crippen LogP contribution in [-0.2, 0) is 4.79 Å². The molecule has 3 rings (SSSR count). The fourth-order valence-corrected chi connectivity index (χ4v) is 3.38. The van der Waals surface area contributed by atoms with Gasteiger partial charge in [0.25, 0.3) is 0 Å². The highest BCUT2D eigenvalue weighted by Crippen LogP contribution is 2.32. The summed E-state index contributed by atoms with van der Waals surface area (Å²) in [6, 6.07) is 6.62. The summed E-state index contributed by atoms with van der Waals surface area (Å²) in [5.74, 6) is -0.0272. The molecule has 1 aromatic rings. The molecule has 0 bridgehead atoms. The van der Waals surface area contributed by atoms with Gasteiger partial charge >= 0.3 is 0 Å². The SMILES string of the molecule is O=C1CCCN1CCN1C[C@@H](O)C[C@@H]1c1cccc(F)c1. The Kier molecular flexibility index (Phi) is 4.22. The lowest BCUT2D eigenvalue weighted by molar-refractivity contribution is -0.127. The highest BCUT2D eigenvalue weighted by atomic mass is 19.1. The topological polar surface area (TPSA) is 43.8 Å². The molecule has 1 amide bonds. The molecule has 1 aromatic carbocycles. The molecule has 2 aliphatic rings. The second-order valence-electron chi connectivity index (χ2n) is 5.94. The van der Waals surface area contributed by atoms with E-state index in [0.717, 1.165) is 25.1 Å². The van der Waals surface area contributed by atoms with Crippen molar-refractivity contribution in [3.05, 3.63) is 35.6 Å². The number of amides is 1. The van der Waals surface area contributed by atoms with E-state index in [1.165, 1.54) is 12.1 Å². The minimum Gasteiger partial charge on any atom is -0.392 e. The molecule has 21 heavy (non-hydrogen) atoms. The molecule has 5 heteroatoms. The third-order valence-corrected chi connectivity index (χ3v) is 4.44. The number of halogens is 1. The number of likely N-dealkylation sites (tertiary alicyclic amines) is 2. The molecule has 0 spiro atoms. The molecule has 4 nitrogen and oxygen atoms in total. The maximum Gasteiger partial charge on any atom is 0.222 e. The van der Waals surface area contributed by atoms with Gasteiger partial charge < -0.3 is 10.0 Å². The van der Waals surface area contributed by atoms with Crippen LogP contribution in [0.5, 0.6) is 0 Å². The highest BCUT2D eigenvalue weighted by molar-refractivity contribution is 5.78. The average molecular weight is 292 g/mol. The van der Waals surface area contributed by atoms with E-state index in [1.807, 2.05) is 11.0 Å². The number of carbonyl (C=O) groups excluding carboxylic acids is 1. The minimum absolute atomic E-state index is 0.0356. The molecule has 0 saturated carbocycles. The minimum atomic E-state index is -0.382. The first-order valence-corrected chi connectivity index (χ1v) is 7.59. The molecule has 2 atom stereocenters. The summed E-state index contributed by atoms with van der Waals surface area (Å²) in [6.45, 7) is 2.84. The number of nitrogens with zero attached hydrogens (tertiary/aromatic N) is 2. The summed E-state index contributed by atoms with van der Waals surface area (Å²) in [5.41, 5.74) is 0.902. The van der Waals surface area contributed by atoms with E-state index in [-0.39, 0.29) is 23.9 Å². The predicted octanol–water partition coefficient (Wildman–Crippen LogP) is 1.56. The van der Waals surface area contributed by atoms with Gasteiger partial charge in [-0.05, 0) is 30.5 Å². The molecule has 2 heterocycles. The van der Waals surface area contributed by atoms with E-state index in [2.05, 4.69) is 4.90 Å². The summed E-state index contributed by atoms with van der Waals surface area (Å²) in [6.07, 6.45) is 1.83. The third kappa shape index (κ3) is 3.24. The van der Waals surface area contributed by atoms with Crippen molar-refractivity contribution in [2.75, 3.05) is 26.2 Å². The summed E-state index contributed by atoms with van der Waals surface area (Å²) in [7, 11) is 0. The lowest BCUT2D eigenvalue weighted by Crippen LogP contribution is -2.36. The number of carbonyl (C=O) groups is 1. The van der Waals surface area contributed by atoms with Gasteiger partial charge in [0.05, 0.1) is 6.10 Å². The van der Waals surface area contributed by atoms with Gasteiger partial charge in [0, 0.05) is 38.6 Å². The zero-order valence-electron chi connectivity index (χ0n) is 12.0. The van der Waals surface area contributed by atoms with Crippen LogP contribution in [-0.4, -0.2) is 53.1 Å². The molecule has 0 aliphatic carbocycles. The van der Waals surface area contributed by atoms with Gasteiger partial charge in [0.15, 0.2) is 0 Å². The quantitative estimate of drug-likeness (QED) is 0.916. The molecule has 0 unspecified atom stereocenters. The number of hydrogen-bond donors (Lipinski definition) is 1. The Morgan fingerprint density at radius 3 is 2.90 bits per heavy atom. The number of benzene rings is 1. The monoisotopic (exact) mass is 292 g/mol. The van der Waals surface area contributed by atoms with Gasteiger partial charge in [-0.1, -0.05) is 12.1 Å². The number of aliphatic hydroxyl groups is 1. The zero-order valence-corrected chi connectivity index (χ0v) is 12.0. The Morgan fingerprint density at radius 2 is 2.19 bits per heavy atom. The third-order valence-electron chi connectivity index (χ3n) is 4.44. The van der Waals surface area contributed by atoms with E-state index < -0.39 is 0 Å². The molecule has 114 valence electrons. The summed E-state index contributed by atoms with van der Waals surface area (Å²) >= 11 is 0. The van der Waals surface area contributed by atoms with Crippen LogP contribution in [0.2, 0.25) is 0 Å². The molecular weight excluding hydrogens is 271 g/mol. The first-order chi connectivity index (χ1) is 10.1. The molecule has 1 N–H and O–H groups in total. The average Bonchev–Trinajstić information content (AvgIpc) is 3.02. The van der Waals surface area contributed by atoms with Crippen LogP contribution in [0.4, 0.5) is 4.39 Å².